The third-order valence-electron chi connectivity index (χ3n) is 3.59. The number of halogens is 1. The summed E-state index contributed by atoms with van der Waals surface area (Å²) in [5.41, 5.74) is 1.72. The highest BCUT2D eigenvalue weighted by molar-refractivity contribution is 6.31. The van der Waals surface area contributed by atoms with Crippen molar-refractivity contribution in [3.63, 3.8) is 0 Å². The van der Waals surface area contributed by atoms with Crippen LogP contribution in [0.1, 0.15) is 19.4 Å². The Bertz CT molecular complexity index is 530. The van der Waals surface area contributed by atoms with Gasteiger partial charge in [0.15, 0.2) is 0 Å². The van der Waals surface area contributed by atoms with Crippen LogP contribution in [0.4, 0.5) is 5.69 Å². The summed E-state index contributed by atoms with van der Waals surface area (Å²) in [4.78, 5) is 27.2. The Balaban J connectivity index is 2.31. The molecule has 1 aromatic carbocycles. The molecular weight excluding hydrogens is 264 g/mol. The summed E-state index contributed by atoms with van der Waals surface area (Å²) in [5.74, 6) is -0.130. The molecule has 5 heteroatoms. The van der Waals surface area contributed by atoms with Crippen LogP contribution >= 0.6 is 11.6 Å². The third kappa shape index (κ3) is 2.45. The zero-order valence-electron chi connectivity index (χ0n) is 11.3. The summed E-state index contributed by atoms with van der Waals surface area (Å²) >= 11 is 6.09. The SMILES string of the molecule is CC(=O)N1CCN(c2cccc(Cl)c2C)C(=O)C1C. The molecule has 4 nitrogen and oxygen atoms in total. The Labute approximate surface area is 117 Å². The molecule has 2 amide bonds. The van der Waals surface area contributed by atoms with E-state index in [1.807, 2.05) is 19.1 Å². The Morgan fingerprint density at radius 3 is 2.68 bits per heavy atom. The van der Waals surface area contributed by atoms with Crippen LogP contribution in [-0.2, 0) is 9.59 Å². The number of nitrogens with zero attached hydrogens (tertiary/aromatic N) is 2. The molecule has 0 aromatic heterocycles. The molecule has 1 unspecified atom stereocenters. The van der Waals surface area contributed by atoms with E-state index in [1.165, 1.54) is 6.92 Å². The highest BCUT2D eigenvalue weighted by Gasteiger charge is 2.34. The maximum Gasteiger partial charge on any atom is 0.249 e. The quantitative estimate of drug-likeness (QED) is 0.791. The molecule has 0 bridgehead atoms. The number of benzene rings is 1. The van der Waals surface area contributed by atoms with Crippen molar-refractivity contribution in [1.82, 2.24) is 4.90 Å². The van der Waals surface area contributed by atoms with Gasteiger partial charge in [-0.05, 0) is 31.5 Å². The van der Waals surface area contributed by atoms with Gasteiger partial charge in [0.25, 0.3) is 0 Å². The molecule has 1 heterocycles. The first-order valence-electron chi connectivity index (χ1n) is 6.27. The highest BCUT2D eigenvalue weighted by atomic mass is 35.5. The van der Waals surface area contributed by atoms with Gasteiger partial charge in [-0.1, -0.05) is 17.7 Å². The van der Waals surface area contributed by atoms with Crippen LogP contribution in [0.3, 0.4) is 0 Å². The molecule has 1 aromatic rings. The number of carbonyl (C=O) groups excluding carboxylic acids is 2. The van der Waals surface area contributed by atoms with Gasteiger partial charge in [-0.15, -0.1) is 0 Å². The maximum absolute atomic E-state index is 12.4. The monoisotopic (exact) mass is 280 g/mol. The van der Waals surface area contributed by atoms with Gasteiger partial charge in [-0.25, -0.2) is 0 Å². The van der Waals surface area contributed by atoms with E-state index in [1.54, 1.807) is 22.8 Å². The predicted octanol–water partition coefficient (Wildman–Crippen LogP) is 2.23. The van der Waals surface area contributed by atoms with Crippen molar-refractivity contribution in [2.24, 2.45) is 0 Å². The van der Waals surface area contributed by atoms with Gasteiger partial charge in [0, 0.05) is 30.7 Å². The zero-order valence-corrected chi connectivity index (χ0v) is 12.1. The predicted molar refractivity (Wildman–Crippen MR) is 75.4 cm³/mol. The molecule has 0 aliphatic carbocycles. The van der Waals surface area contributed by atoms with Gasteiger partial charge in [0.1, 0.15) is 6.04 Å². The van der Waals surface area contributed by atoms with E-state index in [-0.39, 0.29) is 11.8 Å². The molecule has 2 rings (SSSR count). The van der Waals surface area contributed by atoms with Gasteiger partial charge < -0.3 is 9.80 Å². The first-order chi connectivity index (χ1) is 8.93. The summed E-state index contributed by atoms with van der Waals surface area (Å²) in [6.45, 7) is 6.20. The van der Waals surface area contributed by atoms with Crippen LogP contribution < -0.4 is 4.90 Å². The largest absolute Gasteiger partial charge is 0.329 e. The summed E-state index contributed by atoms with van der Waals surface area (Å²) in [6.07, 6.45) is 0. The van der Waals surface area contributed by atoms with Crippen LogP contribution in [0, 0.1) is 6.92 Å². The Kier molecular flexibility index (Phi) is 3.80. The molecule has 0 N–H and O–H groups in total. The van der Waals surface area contributed by atoms with Crippen LogP contribution in [0.15, 0.2) is 18.2 Å². The fraction of sp³-hybridized carbons (Fsp3) is 0.429. The van der Waals surface area contributed by atoms with E-state index in [9.17, 15) is 9.59 Å². The Hall–Kier alpha value is -1.55. The Morgan fingerprint density at radius 2 is 2.05 bits per heavy atom. The Morgan fingerprint density at radius 1 is 1.37 bits per heavy atom. The summed E-state index contributed by atoms with van der Waals surface area (Å²) in [5, 5.41) is 0.645. The van der Waals surface area contributed by atoms with Crippen molar-refractivity contribution in [1.29, 1.82) is 0 Å². The molecule has 102 valence electrons. The van der Waals surface area contributed by atoms with Gasteiger partial charge in [-0.2, -0.15) is 0 Å². The number of rotatable bonds is 1. The average Bonchev–Trinajstić information content (AvgIpc) is 2.36. The van der Waals surface area contributed by atoms with Crippen molar-refractivity contribution in [3.8, 4) is 0 Å². The normalized spacial score (nSPS) is 19.8. The van der Waals surface area contributed by atoms with E-state index in [2.05, 4.69) is 0 Å². The lowest BCUT2D eigenvalue weighted by Crippen LogP contribution is -2.57. The number of piperazine rings is 1. The number of amides is 2. The number of carbonyl (C=O) groups is 2. The van der Waals surface area contributed by atoms with Crippen molar-refractivity contribution in [3.05, 3.63) is 28.8 Å². The zero-order chi connectivity index (χ0) is 14.2. The van der Waals surface area contributed by atoms with Crippen LogP contribution in [0.2, 0.25) is 5.02 Å². The van der Waals surface area contributed by atoms with Crippen LogP contribution in [0.25, 0.3) is 0 Å². The third-order valence-corrected chi connectivity index (χ3v) is 4.00. The molecular formula is C14H17ClN2O2. The summed E-state index contributed by atoms with van der Waals surface area (Å²) in [6, 6.07) is 5.10. The molecule has 1 fully saturated rings. The molecule has 1 aliphatic heterocycles. The van der Waals surface area contributed by atoms with E-state index in [0.29, 0.717) is 18.1 Å². The lowest BCUT2D eigenvalue weighted by atomic mass is 10.1. The molecule has 1 atom stereocenters. The van der Waals surface area contributed by atoms with E-state index in [4.69, 9.17) is 11.6 Å². The van der Waals surface area contributed by atoms with Crippen molar-refractivity contribution >= 4 is 29.1 Å². The van der Waals surface area contributed by atoms with Crippen LogP contribution in [-0.4, -0.2) is 35.8 Å². The second-order valence-electron chi connectivity index (χ2n) is 4.76. The molecule has 19 heavy (non-hydrogen) atoms. The average molecular weight is 281 g/mol. The first-order valence-corrected chi connectivity index (χ1v) is 6.65. The van der Waals surface area contributed by atoms with Crippen molar-refractivity contribution < 1.29 is 9.59 Å². The van der Waals surface area contributed by atoms with Gasteiger partial charge in [-0.3, -0.25) is 9.59 Å². The maximum atomic E-state index is 12.4. The van der Waals surface area contributed by atoms with Crippen molar-refractivity contribution in [2.75, 3.05) is 18.0 Å². The second-order valence-corrected chi connectivity index (χ2v) is 5.17. The molecule has 1 saturated heterocycles. The highest BCUT2D eigenvalue weighted by Crippen LogP contribution is 2.28. The van der Waals surface area contributed by atoms with E-state index in [0.717, 1.165) is 11.3 Å². The molecule has 0 saturated carbocycles. The summed E-state index contributed by atoms with van der Waals surface area (Å²) < 4.78 is 0. The van der Waals surface area contributed by atoms with Gasteiger partial charge >= 0.3 is 0 Å². The van der Waals surface area contributed by atoms with E-state index < -0.39 is 6.04 Å². The van der Waals surface area contributed by atoms with Gasteiger partial charge in [0.2, 0.25) is 11.8 Å². The lowest BCUT2D eigenvalue weighted by Gasteiger charge is -2.39. The molecule has 0 radical (unpaired) electrons. The number of hydrogen-bond donors (Lipinski definition) is 0. The van der Waals surface area contributed by atoms with Gasteiger partial charge in [0.05, 0.1) is 0 Å². The second kappa shape index (κ2) is 5.21. The lowest BCUT2D eigenvalue weighted by molar-refractivity contribution is -0.139. The van der Waals surface area contributed by atoms with Crippen LogP contribution in [0.5, 0.6) is 0 Å². The topological polar surface area (TPSA) is 40.6 Å². The smallest absolute Gasteiger partial charge is 0.249 e. The fourth-order valence-corrected chi connectivity index (χ4v) is 2.60. The minimum atomic E-state index is -0.426. The summed E-state index contributed by atoms with van der Waals surface area (Å²) in [7, 11) is 0. The standard InChI is InChI=1S/C14H17ClN2O2/c1-9-12(15)5-4-6-13(9)17-8-7-16(11(3)18)10(2)14(17)19/h4-6,10H,7-8H2,1-3H3. The van der Waals surface area contributed by atoms with Crippen molar-refractivity contribution in [2.45, 2.75) is 26.8 Å². The first kappa shape index (κ1) is 13.9. The fourth-order valence-electron chi connectivity index (χ4n) is 2.43. The van der Waals surface area contributed by atoms with E-state index >= 15 is 0 Å². The molecule has 1 aliphatic rings. The number of hydrogen-bond acceptors (Lipinski definition) is 2. The molecule has 0 spiro atoms. The number of anilines is 1. The minimum absolute atomic E-state index is 0.0631. The minimum Gasteiger partial charge on any atom is -0.329 e.